The van der Waals surface area contributed by atoms with Crippen LogP contribution in [-0.4, -0.2) is 27.4 Å². The number of nitrogens with zero attached hydrogens (tertiary/aromatic N) is 1. The first-order valence-electron chi connectivity index (χ1n) is 11.6. The highest BCUT2D eigenvalue weighted by atomic mass is 32.2. The van der Waals surface area contributed by atoms with E-state index < -0.39 is 0 Å². The quantitative estimate of drug-likeness (QED) is 0.536. The minimum atomic E-state index is -0.237. The van der Waals surface area contributed by atoms with Gasteiger partial charge >= 0.3 is 0 Å². The molecule has 170 valence electrons. The number of H-pyrrole nitrogens is 1. The number of fused-ring (bicyclic) bond motifs is 3. The molecule has 5 rings (SSSR count). The van der Waals surface area contributed by atoms with E-state index in [1.807, 2.05) is 18.5 Å². The normalized spacial score (nSPS) is 29.9. The Morgan fingerprint density at radius 3 is 2.81 bits per heavy atom. The summed E-state index contributed by atoms with van der Waals surface area (Å²) in [5, 5.41) is 0.928. The molecule has 0 spiro atoms. The topological polar surface area (TPSA) is 73.0 Å². The van der Waals surface area contributed by atoms with Crippen molar-refractivity contribution in [3.05, 3.63) is 47.0 Å². The number of benzene rings is 1. The predicted octanol–water partition coefficient (Wildman–Crippen LogP) is 5.18. The lowest BCUT2D eigenvalue weighted by Crippen LogP contribution is -2.52. The molecular formula is C26H33N3O2S. The van der Waals surface area contributed by atoms with Crippen LogP contribution in [0.3, 0.4) is 0 Å². The maximum Gasteiger partial charge on any atom is 0.274 e. The second-order valence-electron chi connectivity index (χ2n) is 10.2. The molecule has 5 unspecified atom stereocenters. The molecule has 6 heteroatoms. The predicted molar refractivity (Wildman–Crippen MR) is 132 cm³/mol. The van der Waals surface area contributed by atoms with E-state index in [4.69, 9.17) is 10.5 Å². The molecule has 0 amide bonds. The standard InChI is InChI=1S/C26H33N3O2S/c1-15-9-16-10-17(23(15)27)13-26(2,12-16)31-22-6-5-18(32-4)11-20(22)21-14-29(3)25(30)24-19(21)7-8-28-24/h5-8,11,14-17,23,28H,9-10,12-13,27H2,1-4H3. The van der Waals surface area contributed by atoms with E-state index in [2.05, 4.69) is 43.3 Å². The maximum atomic E-state index is 12.6. The van der Waals surface area contributed by atoms with E-state index in [1.165, 1.54) is 17.7 Å². The third-order valence-corrected chi connectivity index (χ3v) is 8.41. The van der Waals surface area contributed by atoms with E-state index in [0.717, 1.165) is 35.1 Å². The first-order valence-corrected chi connectivity index (χ1v) is 12.8. The van der Waals surface area contributed by atoms with Gasteiger partial charge in [-0.1, -0.05) is 6.92 Å². The van der Waals surface area contributed by atoms with Crippen LogP contribution in [0.25, 0.3) is 22.0 Å². The van der Waals surface area contributed by atoms with Crippen LogP contribution in [-0.2, 0) is 7.05 Å². The lowest BCUT2D eigenvalue weighted by atomic mass is 9.61. The minimum Gasteiger partial charge on any atom is -0.487 e. The summed E-state index contributed by atoms with van der Waals surface area (Å²) in [4.78, 5) is 16.9. The zero-order valence-electron chi connectivity index (χ0n) is 19.4. The van der Waals surface area contributed by atoms with Gasteiger partial charge in [0.25, 0.3) is 5.56 Å². The third kappa shape index (κ3) is 3.67. The average Bonchev–Trinajstić information content (AvgIpc) is 3.25. The highest BCUT2D eigenvalue weighted by molar-refractivity contribution is 7.98. The Labute approximate surface area is 193 Å². The van der Waals surface area contributed by atoms with Gasteiger partial charge in [-0.25, -0.2) is 0 Å². The van der Waals surface area contributed by atoms with Gasteiger partial charge in [0.15, 0.2) is 0 Å². The molecule has 2 aliphatic rings. The largest absolute Gasteiger partial charge is 0.487 e. The number of rotatable bonds is 4. The molecule has 5 atom stereocenters. The molecule has 0 saturated heterocycles. The highest BCUT2D eigenvalue weighted by Crippen LogP contribution is 2.48. The van der Waals surface area contributed by atoms with Gasteiger partial charge in [-0.15, -0.1) is 11.8 Å². The molecule has 0 aliphatic heterocycles. The fraction of sp³-hybridized carbons (Fsp3) is 0.500. The molecule has 2 fully saturated rings. The van der Waals surface area contributed by atoms with Gasteiger partial charge in [0.05, 0.1) is 0 Å². The summed E-state index contributed by atoms with van der Waals surface area (Å²) in [6.45, 7) is 4.56. The van der Waals surface area contributed by atoms with Crippen molar-refractivity contribution >= 4 is 22.7 Å². The van der Waals surface area contributed by atoms with Crippen molar-refractivity contribution in [1.29, 1.82) is 0 Å². The number of aromatic amines is 1. The Morgan fingerprint density at radius 1 is 1.22 bits per heavy atom. The zero-order valence-corrected chi connectivity index (χ0v) is 20.2. The summed E-state index contributed by atoms with van der Waals surface area (Å²) in [6.07, 6.45) is 10.3. The van der Waals surface area contributed by atoms with Gasteiger partial charge in [0, 0.05) is 46.9 Å². The Bertz CT molecular complexity index is 1210. The summed E-state index contributed by atoms with van der Waals surface area (Å²) < 4.78 is 8.53. The number of nitrogens with one attached hydrogen (secondary N) is 1. The molecule has 2 aromatic heterocycles. The molecular weight excluding hydrogens is 418 g/mol. The lowest BCUT2D eigenvalue weighted by Gasteiger charge is -2.49. The number of pyridine rings is 1. The van der Waals surface area contributed by atoms with Crippen LogP contribution >= 0.6 is 11.8 Å². The molecule has 2 heterocycles. The highest BCUT2D eigenvalue weighted by Gasteiger charge is 2.46. The summed E-state index contributed by atoms with van der Waals surface area (Å²) in [5.74, 6) is 2.67. The van der Waals surface area contributed by atoms with Crippen LogP contribution < -0.4 is 16.0 Å². The van der Waals surface area contributed by atoms with Crippen molar-refractivity contribution in [2.24, 2.45) is 30.5 Å². The molecule has 2 aliphatic carbocycles. The average molecular weight is 452 g/mol. The first kappa shape index (κ1) is 21.7. The van der Waals surface area contributed by atoms with Crippen molar-refractivity contribution in [1.82, 2.24) is 9.55 Å². The molecule has 0 radical (unpaired) electrons. The van der Waals surface area contributed by atoms with E-state index in [9.17, 15) is 4.79 Å². The van der Waals surface area contributed by atoms with Gasteiger partial charge in [-0.2, -0.15) is 0 Å². The second kappa shape index (κ2) is 7.99. The number of hydrogen-bond donors (Lipinski definition) is 2. The third-order valence-electron chi connectivity index (χ3n) is 7.68. The molecule has 3 N–H and O–H groups in total. The Kier molecular flexibility index (Phi) is 5.41. The van der Waals surface area contributed by atoms with Gasteiger partial charge in [0.2, 0.25) is 0 Å². The SMILES string of the molecule is CSc1ccc(OC2(C)CC3CC(C)C(N)C(C3)C2)c(-c2cn(C)c(=O)c3[nH]ccc23)c1. The van der Waals surface area contributed by atoms with Gasteiger partial charge in [-0.3, -0.25) is 4.79 Å². The number of aryl methyl sites for hydroxylation is 1. The van der Waals surface area contributed by atoms with Crippen molar-refractivity contribution < 1.29 is 4.74 Å². The fourth-order valence-electron chi connectivity index (χ4n) is 6.23. The molecule has 32 heavy (non-hydrogen) atoms. The van der Waals surface area contributed by atoms with Crippen molar-refractivity contribution in [2.75, 3.05) is 6.26 Å². The van der Waals surface area contributed by atoms with Crippen LogP contribution in [0.2, 0.25) is 0 Å². The summed E-state index contributed by atoms with van der Waals surface area (Å²) in [5.41, 5.74) is 9.01. The van der Waals surface area contributed by atoms with Gasteiger partial charge in [0.1, 0.15) is 16.9 Å². The molecule has 2 saturated carbocycles. The summed E-state index contributed by atoms with van der Waals surface area (Å²) >= 11 is 1.71. The smallest absolute Gasteiger partial charge is 0.274 e. The summed E-state index contributed by atoms with van der Waals surface area (Å²) in [7, 11) is 1.80. The minimum absolute atomic E-state index is 0.0209. The Hall–Kier alpha value is -2.18. The van der Waals surface area contributed by atoms with E-state index in [1.54, 1.807) is 23.4 Å². The van der Waals surface area contributed by atoms with Crippen molar-refractivity contribution in [3.63, 3.8) is 0 Å². The summed E-state index contributed by atoms with van der Waals surface area (Å²) in [6, 6.07) is 8.65. The Morgan fingerprint density at radius 2 is 2.03 bits per heavy atom. The molecule has 3 aromatic rings. The van der Waals surface area contributed by atoms with E-state index >= 15 is 0 Å². The Balaban J connectivity index is 1.58. The van der Waals surface area contributed by atoms with Crippen LogP contribution in [0.15, 0.2) is 46.3 Å². The molecule has 1 aromatic carbocycles. The van der Waals surface area contributed by atoms with Gasteiger partial charge < -0.3 is 20.0 Å². The van der Waals surface area contributed by atoms with Crippen molar-refractivity contribution in [3.8, 4) is 16.9 Å². The van der Waals surface area contributed by atoms with Crippen LogP contribution in [0.1, 0.15) is 39.5 Å². The number of ether oxygens (including phenoxy) is 1. The fourth-order valence-corrected chi connectivity index (χ4v) is 6.67. The second-order valence-corrected chi connectivity index (χ2v) is 11.1. The van der Waals surface area contributed by atoms with Crippen LogP contribution in [0.4, 0.5) is 0 Å². The zero-order chi connectivity index (χ0) is 22.6. The van der Waals surface area contributed by atoms with Crippen molar-refractivity contribution in [2.45, 2.75) is 56.1 Å². The lowest BCUT2D eigenvalue weighted by molar-refractivity contribution is -0.0347. The number of nitrogens with two attached hydrogens (primary N) is 1. The molecule has 2 bridgehead atoms. The monoisotopic (exact) mass is 451 g/mol. The van der Waals surface area contributed by atoms with Crippen LogP contribution in [0, 0.1) is 17.8 Å². The first-order chi connectivity index (χ1) is 15.3. The van der Waals surface area contributed by atoms with E-state index in [0.29, 0.717) is 23.3 Å². The van der Waals surface area contributed by atoms with Crippen LogP contribution in [0.5, 0.6) is 5.75 Å². The number of aromatic nitrogens is 2. The maximum absolute atomic E-state index is 12.6. The number of thioether (sulfide) groups is 1. The van der Waals surface area contributed by atoms with E-state index in [-0.39, 0.29) is 17.2 Å². The molecule has 5 nitrogen and oxygen atoms in total. The number of hydrogen-bond acceptors (Lipinski definition) is 4. The van der Waals surface area contributed by atoms with Gasteiger partial charge in [-0.05, 0) is 80.9 Å².